The normalized spacial score (nSPS) is 16.4. The molecule has 0 unspecified atom stereocenters. The summed E-state index contributed by atoms with van der Waals surface area (Å²) < 4.78 is 0. The van der Waals surface area contributed by atoms with Crippen molar-refractivity contribution in [3.05, 3.63) is 36.0 Å². The Morgan fingerprint density at radius 2 is 2.10 bits per heavy atom. The molecule has 0 atom stereocenters. The number of carbonyl (C=O) groups excluding carboxylic acids is 1. The average Bonchev–Trinajstić information content (AvgIpc) is 2.96. The first-order valence-electron chi connectivity index (χ1n) is 7.28. The van der Waals surface area contributed by atoms with Crippen molar-refractivity contribution < 1.29 is 4.79 Å². The highest BCUT2D eigenvalue weighted by atomic mass is 16.2. The Kier molecular flexibility index (Phi) is 3.74. The Morgan fingerprint density at radius 3 is 2.90 bits per heavy atom. The molecule has 0 bridgehead atoms. The fourth-order valence-corrected chi connectivity index (χ4v) is 3.01. The van der Waals surface area contributed by atoms with Crippen molar-refractivity contribution in [1.82, 2.24) is 15.2 Å². The molecule has 1 amide bonds. The molecule has 1 aromatic carbocycles. The Morgan fingerprint density at radius 1 is 1.30 bits per heavy atom. The maximum absolute atomic E-state index is 12.6. The number of amides is 1. The molecule has 0 aliphatic carbocycles. The molecule has 1 aliphatic heterocycles. The minimum absolute atomic E-state index is 0.119. The highest BCUT2D eigenvalue weighted by molar-refractivity contribution is 6.06. The molecule has 0 spiro atoms. The summed E-state index contributed by atoms with van der Waals surface area (Å²) in [5, 5.41) is 4.37. The third kappa shape index (κ3) is 2.56. The van der Waals surface area contributed by atoms with Crippen LogP contribution in [0.1, 0.15) is 23.2 Å². The molecular weight excluding hydrogens is 250 g/mol. The van der Waals surface area contributed by atoms with E-state index in [9.17, 15) is 4.79 Å². The minimum Gasteiger partial charge on any atom is -0.361 e. The van der Waals surface area contributed by atoms with Crippen molar-refractivity contribution in [2.75, 3.05) is 26.7 Å². The smallest absolute Gasteiger partial charge is 0.254 e. The highest BCUT2D eigenvalue weighted by Gasteiger charge is 2.20. The van der Waals surface area contributed by atoms with Crippen molar-refractivity contribution in [3.63, 3.8) is 0 Å². The first-order chi connectivity index (χ1) is 9.75. The van der Waals surface area contributed by atoms with Crippen LogP contribution in [0.5, 0.6) is 0 Å². The Balaban J connectivity index is 1.75. The van der Waals surface area contributed by atoms with Gasteiger partial charge in [-0.25, -0.2) is 0 Å². The van der Waals surface area contributed by atoms with Gasteiger partial charge in [0.2, 0.25) is 0 Å². The Labute approximate surface area is 119 Å². The summed E-state index contributed by atoms with van der Waals surface area (Å²) in [6, 6.07) is 7.82. The second-order valence-corrected chi connectivity index (χ2v) is 5.62. The number of hydrogen-bond donors (Lipinski definition) is 2. The number of carbonyl (C=O) groups is 1. The molecule has 4 nitrogen and oxygen atoms in total. The van der Waals surface area contributed by atoms with Gasteiger partial charge >= 0.3 is 0 Å². The van der Waals surface area contributed by atoms with Gasteiger partial charge in [0.15, 0.2) is 0 Å². The maximum atomic E-state index is 12.6. The second-order valence-electron chi connectivity index (χ2n) is 5.62. The van der Waals surface area contributed by atoms with E-state index in [-0.39, 0.29) is 5.91 Å². The zero-order valence-corrected chi connectivity index (χ0v) is 11.9. The van der Waals surface area contributed by atoms with Crippen LogP contribution in [0.4, 0.5) is 0 Å². The van der Waals surface area contributed by atoms with E-state index in [0.717, 1.165) is 48.9 Å². The molecule has 2 aromatic rings. The van der Waals surface area contributed by atoms with Crippen LogP contribution in [0.3, 0.4) is 0 Å². The molecule has 2 N–H and O–H groups in total. The van der Waals surface area contributed by atoms with Crippen LogP contribution in [0.15, 0.2) is 30.5 Å². The van der Waals surface area contributed by atoms with Crippen LogP contribution in [-0.2, 0) is 0 Å². The van der Waals surface area contributed by atoms with Gasteiger partial charge in [-0.05, 0) is 50.0 Å². The Hall–Kier alpha value is -1.81. The number of fused-ring (bicyclic) bond motifs is 1. The van der Waals surface area contributed by atoms with Crippen molar-refractivity contribution >= 4 is 16.8 Å². The summed E-state index contributed by atoms with van der Waals surface area (Å²) >= 11 is 0. The maximum Gasteiger partial charge on any atom is 0.254 e. The molecule has 1 aliphatic rings. The molecule has 1 aromatic heterocycles. The summed E-state index contributed by atoms with van der Waals surface area (Å²) in [5.74, 6) is 0.740. The lowest BCUT2D eigenvalue weighted by molar-refractivity contribution is 0.0765. The van der Waals surface area contributed by atoms with Crippen LogP contribution >= 0.6 is 0 Å². The van der Waals surface area contributed by atoms with Crippen LogP contribution in [0, 0.1) is 5.92 Å². The van der Waals surface area contributed by atoms with Crippen molar-refractivity contribution in [2.24, 2.45) is 5.92 Å². The van der Waals surface area contributed by atoms with Crippen LogP contribution in [-0.4, -0.2) is 42.5 Å². The number of aromatic amines is 1. The lowest BCUT2D eigenvalue weighted by atomic mass is 9.97. The van der Waals surface area contributed by atoms with Crippen LogP contribution < -0.4 is 5.32 Å². The summed E-state index contributed by atoms with van der Waals surface area (Å²) in [7, 11) is 1.91. The summed E-state index contributed by atoms with van der Waals surface area (Å²) in [5.41, 5.74) is 1.81. The monoisotopic (exact) mass is 271 g/mol. The number of aromatic nitrogens is 1. The van der Waals surface area contributed by atoms with E-state index >= 15 is 0 Å². The standard InChI is InChI=1S/C16H21N3O/c1-19(11-12-5-8-17-9-6-12)16(20)14-3-2-4-15-13(14)7-10-18-15/h2-4,7,10,12,17-18H,5-6,8-9,11H2,1H3. The third-order valence-corrected chi connectivity index (χ3v) is 4.16. The number of hydrogen-bond acceptors (Lipinski definition) is 2. The van der Waals surface area contributed by atoms with Gasteiger partial charge in [0.05, 0.1) is 0 Å². The predicted molar refractivity (Wildman–Crippen MR) is 80.9 cm³/mol. The molecule has 4 heteroatoms. The fraction of sp³-hybridized carbons (Fsp3) is 0.438. The first-order valence-corrected chi connectivity index (χ1v) is 7.28. The predicted octanol–water partition coefficient (Wildman–Crippen LogP) is 2.24. The minimum atomic E-state index is 0.119. The zero-order valence-electron chi connectivity index (χ0n) is 11.9. The summed E-state index contributed by atoms with van der Waals surface area (Å²) in [4.78, 5) is 17.7. The second kappa shape index (κ2) is 5.67. The van der Waals surface area contributed by atoms with Crippen LogP contribution in [0.25, 0.3) is 10.9 Å². The van der Waals surface area contributed by atoms with Gasteiger partial charge in [0.1, 0.15) is 0 Å². The van der Waals surface area contributed by atoms with Gasteiger partial charge in [-0.2, -0.15) is 0 Å². The van der Waals surface area contributed by atoms with Crippen molar-refractivity contribution in [1.29, 1.82) is 0 Å². The third-order valence-electron chi connectivity index (χ3n) is 4.16. The van der Waals surface area contributed by atoms with Crippen LogP contribution in [0.2, 0.25) is 0 Å². The largest absolute Gasteiger partial charge is 0.361 e. The van der Waals surface area contributed by atoms with Gasteiger partial charge < -0.3 is 15.2 Å². The zero-order chi connectivity index (χ0) is 13.9. The SMILES string of the molecule is CN(CC1CCNCC1)C(=O)c1cccc2[nH]ccc12. The molecule has 20 heavy (non-hydrogen) atoms. The summed E-state index contributed by atoms with van der Waals surface area (Å²) in [6.45, 7) is 2.99. The number of H-pyrrole nitrogens is 1. The lowest BCUT2D eigenvalue weighted by Crippen LogP contribution is -2.37. The van der Waals surface area contributed by atoms with Gasteiger partial charge in [-0.3, -0.25) is 4.79 Å². The molecule has 0 radical (unpaired) electrons. The van der Waals surface area contributed by atoms with E-state index in [0.29, 0.717) is 5.92 Å². The first kappa shape index (κ1) is 13.2. The van der Waals surface area contributed by atoms with Gasteiger partial charge in [-0.1, -0.05) is 6.07 Å². The van der Waals surface area contributed by atoms with Gasteiger partial charge in [-0.15, -0.1) is 0 Å². The molecule has 2 heterocycles. The molecular formula is C16H21N3O. The molecule has 1 saturated heterocycles. The van der Waals surface area contributed by atoms with E-state index in [1.807, 2.05) is 42.4 Å². The lowest BCUT2D eigenvalue weighted by Gasteiger charge is -2.27. The average molecular weight is 271 g/mol. The van der Waals surface area contributed by atoms with E-state index in [1.54, 1.807) is 0 Å². The molecule has 3 rings (SSSR count). The number of piperidine rings is 1. The van der Waals surface area contributed by atoms with E-state index in [4.69, 9.17) is 0 Å². The Bertz CT molecular complexity index is 599. The highest BCUT2D eigenvalue weighted by Crippen LogP contribution is 2.20. The van der Waals surface area contributed by atoms with E-state index in [1.165, 1.54) is 0 Å². The number of rotatable bonds is 3. The quantitative estimate of drug-likeness (QED) is 0.899. The fourth-order valence-electron chi connectivity index (χ4n) is 3.01. The molecule has 0 saturated carbocycles. The van der Waals surface area contributed by atoms with E-state index in [2.05, 4.69) is 10.3 Å². The van der Waals surface area contributed by atoms with Gasteiger partial charge in [0, 0.05) is 36.3 Å². The van der Waals surface area contributed by atoms with Crippen molar-refractivity contribution in [2.45, 2.75) is 12.8 Å². The topological polar surface area (TPSA) is 48.1 Å². The van der Waals surface area contributed by atoms with E-state index < -0.39 is 0 Å². The summed E-state index contributed by atoms with van der Waals surface area (Å²) in [6.07, 6.45) is 4.20. The number of nitrogens with zero attached hydrogens (tertiary/aromatic N) is 1. The molecule has 1 fully saturated rings. The van der Waals surface area contributed by atoms with Gasteiger partial charge in [0.25, 0.3) is 5.91 Å². The van der Waals surface area contributed by atoms with Crippen molar-refractivity contribution in [3.8, 4) is 0 Å². The number of benzene rings is 1. The number of nitrogens with one attached hydrogen (secondary N) is 2. The molecule has 106 valence electrons.